The molecule has 37 heavy (non-hydrogen) atoms. The van der Waals surface area contributed by atoms with Crippen molar-refractivity contribution in [3.63, 3.8) is 0 Å². The lowest BCUT2D eigenvalue weighted by molar-refractivity contribution is -0.133. The predicted molar refractivity (Wildman–Crippen MR) is 144 cm³/mol. The van der Waals surface area contributed by atoms with Crippen LogP contribution in [0.25, 0.3) is 0 Å². The number of methoxy groups -OCH3 is 2. The maximum absolute atomic E-state index is 13.4. The van der Waals surface area contributed by atoms with Crippen LogP contribution in [0.4, 0.5) is 0 Å². The van der Waals surface area contributed by atoms with Gasteiger partial charge in [-0.2, -0.15) is 0 Å². The van der Waals surface area contributed by atoms with Crippen LogP contribution >= 0.6 is 11.8 Å². The molecule has 196 valence electrons. The second kappa shape index (κ2) is 12.0. The minimum Gasteiger partial charge on any atom is -0.493 e. The summed E-state index contributed by atoms with van der Waals surface area (Å²) in [7, 11) is 3.30. The first-order valence-corrected chi connectivity index (χ1v) is 14.0. The number of thioether (sulfide) groups is 1. The zero-order chi connectivity index (χ0) is 25.6. The molecule has 1 amide bonds. The molecule has 0 radical (unpaired) electrons. The Morgan fingerprint density at radius 1 is 1.11 bits per heavy atom. The number of carbonyl (C=O) groups is 1. The number of nitrogens with zero attached hydrogens (tertiary/aromatic N) is 2. The van der Waals surface area contributed by atoms with Crippen molar-refractivity contribution in [2.45, 2.75) is 42.9 Å². The van der Waals surface area contributed by atoms with Crippen molar-refractivity contribution in [1.82, 2.24) is 15.4 Å². The molecular weight excluding hydrogens is 486 g/mol. The van der Waals surface area contributed by atoms with E-state index >= 15 is 0 Å². The summed E-state index contributed by atoms with van der Waals surface area (Å²) in [5, 5.41) is 7.86. The van der Waals surface area contributed by atoms with Gasteiger partial charge in [0.15, 0.2) is 11.5 Å². The van der Waals surface area contributed by atoms with E-state index < -0.39 is 0 Å². The van der Waals surface area contributed by atoms with Crippen molar-refractivity contribution < 1.29 is 18.8 Å². The number of carbonyl (C=O) groups excluding carboxylic acids is 1. The average molecular weight is 522 g/mol. The summed E-state index contributed by atoms with van der Waals surface area (Å²) >= 11 is 1.75. The summed E-state index contributed by atoms with van der Waals surface area (Å²) in [6, 6.07) is 16.4. The first kappa shape index (κ1) is 25.7. The van der Waals surface area contributed by atoms with E-state index in [1.165, 1.54) is 10.5 Å². The standard InChI is InChI=1S/C29H35N3O4S/c1-34-27-13-21-9-11-32(18-23(21)14-28(27)35-2)29(33)15-20-8-10-30-17-22(20)12-24-16-25(36-31-24)19-37-26-6-4-3-5-7-26/h3-7,13-14,16,20,22,30H,8-12,15,17-19H2,1-2H3/t20-,22-/m0/s1. The average Bonchev–Trinajstić information content (AvgIpc) is 3.39. The molecule has 2 aliphatic rings. The lowest BCUT2D eigenvalue weighted by Gasteiger charge is -2.35. The van der Waals surface area contributed by atoms with Crippen LogP contribution in [0, 0.1) is 11.8 Å². The summed E-state index contributed by atoms with van der Waals surface area (Å²) in [6.07, 6.45) is 3.23. The summed E-state index contributed by atoms with van der Waals surface area (Å²) in [4.78, 5) is 16.6. The van der Waals surface area contributed by atoms with Crippen LogP contribution in [0.2, 0.25) is 0 Å². The molecule has 2 atom stereocenters. The lowest BCUT2D eigenvalue weighted by atomic mass is 9.80. The van der Waals surface area contributed by atoms with E-state index in [1.807, 2.05) is 35.2 Å². The molecule has 0 aliphatic carbocycles. The fourth-order valence-electron chi connectivity index (χ4n) is 5.39. The zero-order valence-electron chi connectivity index (χ0n) is 21.6. The monoisotopic (exact) mass is 521 g/mol. The molecule has 1 aromatic heterocycles. The Morgan fingerprint density at radius 3 is 2.68 bits per heavy atom. The normalized spacial score (nSPS) is 19.4. The smallest absolute Gasteiger partial charge is 0.223 e. The van der Waals surface area contributed by atoms with Crippen molar-refractivity contribution in [3.8, 4) is 11.5 Å². The Morgan fingerprint density at radius 2 is 1.89 bits per heavy atom. The number of ether oxygens (including phenoxy) is 2. The minimum atomic E-state index is 0.234. The number of nitrogens with one attached hydrogen (secondary N) is 1. The van der Waals surface area contributed by atoms with Crippen molar-refractivity contribution in [2.24, 2.45) is 11.8 Å². The van der Waals surface area contributed by atoms with Gasteiger partial charge in [0.25, 0.3) is 0 Å². The second-order valence-electron chi connectivity index (χ2n) is 9.85. The summed E-state index contributed by atoms with van der Waals surface area (Å²) in [6.45, 7) is 3.21. The number of hydrogen-bond acceptors (Lipinski definition) is 7. The topological polar surface area (TPSA) is 76.8 Å². The van der Waals surface area contributed by atoms with Crippen LogP contribution in [0.3, 0.4) is 0 Å². The molecule has 0 saturated carbocycles. The molecular formula is C29H35N3O4S. The Kier molecular flexibility index (Phi) is 8.36. The van der Waals surface area contributed by atoms with Crippen LogP contribution in [-0.2, 0) is 29.9 Å². The Hall–Kier alpha value is -2.97. The highest BCUT2D eigenvalue weighted by Gasteiger charge is 2.31. The maximum Gasteiger partial charge on any atom is 0.223 e. The molecule has 1 N–H and O–H groups in total. The van der Waals surface area contributed by atoms with Crippen LogP contribution < -0.4 is 14.8 Å². The Labute approximate surface area is 222 Å². The lowest BCUT2D eigenvalue weighted by Crippen LogP contribution is -2.42. The van der Waals surface area contributed by atoms with Gasteiger partial charge in [0, 0.05) is 30.5 Å². The minimum absolute atomic E-state index is 0.234. The zero-order valence-corrected chi connectivity index (χ0v) is 22.4. The van der Waals surface area contributed by atoms with Crippen LogP contribution in [0.5, 0.6) is 11.5 Å². The first-order valence-electron chi connectivity index (χ1n) is 13.0. The van der Waals surface area contributed by atoms with Crippen molar-refractivity contribution in [2.75, 3.05) is 33.9 Å². The fourth-order valence-corrected chi connectivity index (χ4v) is 6.19. The van der Waals surface area contributed by atoms with Gasteiger partial charge in [0.05, 0.1) is 25.7 Å². The van der Waals surface area contributed by atoms with E-state index in [4.69, 9.17) is 14.0 Å². The molecule has 0 spiro atoms. The molecule has 1 saturated heterocycles. The van der Waals surface area contributed by atoms with Crippen molar-refractivity contribution >= 4 is 17.7 Å². The molecule has 1 fully saturated rings. The van der Waals surface area contributed by atoms with Gasteiger partial charge < -0.3 is 24.2 Å². The fraction of sp³-hybridized carbons (Fsp3) is 0.448. The third-order valence-electron chi connectivity index (χ3n) is 7.48. The molecule has 2 aliphatic heterocycles. The van der Waals surface area contributed by atoms with Gasteiger partial charge >= 0.3 is 0 Å². The molecule has 3 aromatic rings. The number of aromatic nitrogens is 1. The number of hydrogen-bond donors (Lipinski definition) is 1. The molecule has 3 heterocycles. The van der Waals surface area contributed by atoms with Gasteiger partial charge in [-0.1, -0.05) is 23.4 Å². The number of fused-ring (bicyclic) bond motifs is 1. The number of amides is 1. The van der Waals surface area contributed by atoms with E-state index in [9.17, 15) is 4.79 Å². The third-order valence-corrected chi connectivity index (χ3v) is 8.51. The van der Waals surface area contributed by atoms with Gasteiger partial charge in [-0.15, -0.1) is 11.8 Å². The highest BCUT2D eigenvalue weighted by Crippen LogP contribution is 2.34. The van der Waals surface area contributed by atoms with E-state index in [0.29, 0.717) is 30.6 Å². The summed E-state index contributed by atoms with van der Waals surface area (Å²) < 4.78 is 16.6. The molecule has 0 bridgehead atoms. The van der Waals surface area contributed by atoms with Gasteiger partial charge in [0.2, 0.25) is 5.91 Å². The number of benzene rings is 2. The predicted octanol–water partition coefficient (Wildman–Crippen LogP) is 4.73. The second-order valence-corrected chi connectivity index (χ2v) is 10.9. The first-order chi connectivity index (χ1) is 18.1. The quantitative estimate of drug-likeness (QED) is 0.408. The largest absolute Gasteiger partial charge is 0.493 e. The molecule has 8 heteroatoms. The summed E-state index contributed by atoms with van der Waals surface area (Å²) in [5.74, 6) is 4.03. The van der Waals surface area contributed by atoms with Gasteiger partial charge in [-0.25, -0.2) is 0 Å². The van der Waals surface area contributed by atoms with Crippen molar-refractivity contribution in [3.05, 3.63) is 71.1 Å². The molecule has 0 unspecified atom stereocenters. The van der Waals surface area contributed by atoms with Gasteiger partial charge in [-0.3, -0.25) is 4.79 Å². The van der Waals surface area contributed by atoms with E-state index in [2.05, 4.69) is 28.7 Å². The molecule has 2 aromatic carbocycles. The Bertz CT molecular complexity index is 1200. The highest BCUT2D eigenvalue weighted by atomic mass is 32.2. The van der Waals surface area contributed by atoms with Crippen molar-refractivity contribution in [1.29, 1.82) is 0 Å². The van der Waals surface area contributed by atoms with Crippen LogP contribution in [0.1, 0.15) is 35.4 Å². The molecule has 5 rings (SSSR count). The summed E-state index contributed by atoms with van der Waals surface area (Å²) in [5.41, 5.74) is 3.35. The number of piperidine rings is 1. The highest BCUT2D eigenvalue weighted by molar-refractivity contribution is 7.98. The van der Waals surface area contributed by atoms with E-state index in [-0.39, 0.29) is 5.91 Å². The third kappa shape index (κ3) is 6.30. The van der Waals surface area contributed by atoms with Gasteiger partial charge in [0.1, 0.15) is 5.76 Å². The Balaban J connectivity index is 1.18. The van der Waals surface area contributed by atoms with Gasteiger partial charge in [-0.05, 0) is 79.6 Å². The molecule has 7 nitrogen and oxygen atoms in total. The van der Waals surface area contributed by atoms with Crippen LogP contribution in [-0.4, -0.2) is 49.8 Å². The van der Waals surface area contributed by atoms with E-state index in [0.717, 1.165) is 67.4 Å². The van der Waals surface area contributed by atoms with E-state index in [1.54, 1.807) is 26.0 Å². The maximum atomic E-state index is 13.4. The SMILES string of the molecule is COc1cc2c(cc1OC)CN(C(=O)C[C@@H]1CCNC[C@@H]1Cc1cc(CSc3ccccc3)on1)CC2. The number of rotatable bonds is 9. The van der Waals surface area contributed by atoms with Crippen LogP contribution in [0.15, 0.2) is 57.9 Å².